The van der Waals surface area contributed by atoms with Crippen LogP contribution in [0.4, 0.5) is 0 Å². The molecule has 90 valence electrons. The number of nitrogens with zero attached hydrogens (tertiary/aromatic N) is 1. The Balaban J connectivity index is 1.72. The average Bonchev–Trinajstić information content (AvgIpc) is 2.40. The number of nitrogens with one attached hydrogen (secondary N) is 1. The zero-order valence-corrected chi connectivity index (χ0v) is 10.3. The van der Waals surface area contributed by atoms with Gasteiger partial charge in [-0.2, -0.15) is 0 Å². The van der Waals surface area contributed by atoms with Crippen LogP contribution in [-0.2, 0) is 19.5 Å². The molecule has 0 fully saturated rings. The summed E-state index contributed by atoms with van der Waals surface area (Å²) in [4.78, 5) is 2.51. The Morgan fingerprint density at radius 2 is 2.18 bits per heavy atom. The largest absolute Gasteiger partial charge is 0.312 e. The topological polar surface area (TPSA) is 15.3 Å². The fraction of sp³-hybridized carbons (Fsp3) is 0.467. The predicted molar refractivity (Wildman–Crippen MR) is 70.9 cm³/mol. The van der Waals surface area contributed by atoms with E-state index in [4.69, 9.17) is 0 Å². The van der Waals surface area contributed by atoms with E-state index in [0.717, 1.165) is 26.2 Å². The summed E-state index contributed by atoms with van der Waals surface area (Å²) in [7, 11) is 0. The fourth-order valence-electron chi connectivity index (χ4n) is 2.72. The smallest absolute Gasteiger partial charge is 0.0237 e. The molecule has 17 heavy (non-hydrogen) atoms. The molecular weight excluding hydrogens is 208 g/mol. The molecule has 0 unspecified atom stereocenters. The minimum absolute atomic E-state index is 1.04. The molecule has 2 nitrogen and oxygen atoms in total. The van der Waals surface area contributed by atoms with Crippen LogP contribution in [0.1, 0.15) is 23.1 Å². The standard InChI is InChI=1S/C15H20N2/c1-2-8-17(9-3-1)12-13-4-5-14-6-7-16-11-15(14)10-13/h1-2,4-5,10,16H,3,6-9,11-12H2. The molecule has 2 heterocycles. The summed E-state index contributed by atoms with van der Waals surface area (Å²) >= 11 is 0. The van der Waals surface area contributed by atoms with Crippen molar-refractivity contribution in [1.82, 2.24) is 10.2 Å². The molecule has 1 aromatic rings. The monoisotopic (exact) mass is 228 g/mol. The Morgan fingerprint density at radius 1 is 1.18 bits per heavy atom. The van der Waals surface area contributed by atoms with Gasteiger partial charge in [0, 0.05) is 26.2 Å². The summed E-state index contributed by atoms with van der Waals surface area (Å²) < 4.78 is 0. The molecule has 0 amide bonds. The van der Waals surface area contributed by atoms with E-state index in [1.54, 1.807) is 0 Å². The molecule has 0 bridgehead atoms. The van der Waals surface area contributed by atoms with Crippen LogP contribution in [0.15, 0.2) is 30.4 Å². The highest BCUT2D eigenvalue weighted by molar-refractivity contribution is 5.33. The van der Waals surface area contributed by atoms with Crippen LogP contribution in [0, 0.1) is 0 Å². The fourth-order valence-corrected chi connectivity index (χ4v) is 2.72. The summed E-state index contributed by atoms with van der Waals surface area (Å²) in [6.07, 6.45) is 6.95. The first-order valence-corrected chi connectivity index (χ1v) is 6.60. The SMILES string of the molecule is C1=CCN(Cc2ccc3c(c2)CNCC3)CC1. The van der Waals surface area contributed by atoms with Crippen LogP contribution in [0.5, 0.6) is 0 Å². The first-order valence-electron chi connectivity index (χ1n) is 6.60. The zero-order valence-electron chi connectivity index (χ0n) is 10.3. The van der Waals surface area contributed by atoms with Crippen molar-refractivity contribution < 1.29 is 0 Å². The number of hydrogen-bond acceptors (Lipinski definition) is 2. The van der Waals surface area contributed by atoms with E-state index in [9.17, 15) is 0 Å². The molecule has 2 heteroatoms. The summed E-state index contributed by atoms with van der Waals surface area (Å²) in [5.41, 5.74) is 4.50. The van der Waals surface area contributed by atoms with E-state index in [1.807, 2.05) is 0 Å². The summed E-state index contributed by atoms with van der Waals surface area (Å²) in [6.45, 7) is 5.57. The molecular formula is C15H20N2. The van der Waals surface area contributed by atoms with E-state index < -0.39 is 0 Å². The van der Waals surface area contributed by atoms with E-state index in [-0.39, 0.29) is 0 Å². The van der Waals surface area contributed by atoms with Gasteiger partial charge in [0.2, 0.25) is 0 Å². The third-order valence-electron chi connectivity index (χ3n) is 3.71. The van der Waals surface area contributed by atoms with E-state index in [1.165, 1.54) is 36.1 Å². The van der Waals surface area contributed by atoms with Gasteiger partial charge in [-0.1, -0.05) is 30.4 Å². The molecule has 1 aromatic carbocycles. The molecule has 2 aliphatic heterocycles. The Bertz CT molecular complexity index is 423. The van der Waals surface area contributed by atoms with Gasteiger partial charge in [-0.15, -0.1) is 0 Å². The highest BCUT2D eigenvalue weighted by Gasteiger charge is 2.11. The first kappa shape index (κ1) is 11.0. The van der Waals surface area contributed by atoms with E-state index >= 15 is 0 Å². The maximum atomic E-state index is 3.45. The third-order valence-corrected chi connectivity index (χ3v) is 3.71. The van der Waals surface area contributed by atoms with Crippen LogP contribution in [0.2, 0.25) is 0 Å². The third kappa shape index (κ3) is 2.59. The summed E-state index contributed by atoms with van der Waals surface area (Å²) in [5.74, 6) is 0. The predicted octanol–water partition coefficient (Wildman–Crippen LogP) is 2.09. The summed E-state index contributed by atoms with van der Waals surface area (Å²) in [6, 6.07) is 7.02. The van der Waals surface area contributed by atoms with Gasteiger partial charge in [-0.05, 0) is 36.1 Å². The zero-order chi connectivity index (χ0) is 11.5. The van der Waals surface area contributed by atoms with Crippen molar-refractivity contribution in [3.63, 3.8) is 0 Å². The molecule has 3 rings (SSSR count). The van der Waals surface area contributed by atoms with Gasteiger partial charge in [0.05, 0.1) is 0 Å². The van der Waals surface area contributed by atoms with Gasteiger partial charge in [0.15, 0.2) is 0 Å². The summed E-state index contributed by atoms with van der Waals surface area (Å²) in [5, 5.41) is 3.45. The van der Waals surface area contributed by atoms with Crippen molar-refractivity contribution in [1.29, 1.82) is 0 Å². The lowest BCUT2D eigenvalue weighted by molar-refractivity contribution is 0.290. The maximum Gasteiger partial charge on any atom is 0.0237 e. The minimum atomic E-state index is 1.04. The highest BCUT2D eigenvalue weighted by Crippen LogP contribution is 2.17. The van der Waals surface area contributed by atoms with Gasteiger partial charge in [0.25, 0.3) is 0 Å². The van der Waals surface area contributed by atoms with Gasteiger partial charge in [-0.25, -0.2) is 0 Å². The van der Waals surface area contributed by atoms with Crippen LogP contribution >= 0.6 is 0 Å². The Morgan fingerprint density at radius 3 is 3.06 bits per heavy atom. The van der Waals surface area contributed by atoms with Crippen molar-refractivity contribution in [2.24, 2.45) is 0 Å². The van der Waals surface area contributed by atoms with Crippen molar-refractivity contribution in [3.05, 3.63) is 47.0 Å². The molecule has 0 atom stereocenters. The van der Waals surface area contributed by atoms with Crippen molar-refractivity contribution in [2.75, 3.05) is 19.6 Å². The van der Waals surface area contributed by atoms with E-state index in [0.29, 0.717) is 0 Å². The lowest BCUT2D eigenvalue weighted by Gasteiger charge is -2.24. The van der Waals surface area contributed by atoms with Crippen molar-refractivity contribution in [2.45, 2.75) is 25.9 Å². The second-order valence-corrected chi connectivity index (χ2v) is 5.03. The van der Waals surface area contributed by atoms with Crippen molar-refractivity contribution >= 4 is 0 Å². The quantitative estimate of drug-likeness (QED) is 0.780. The normalized spacial score (nSPS) is 20.2. The first-order chi connectivity index (χ1) is 8.42. The number of fused-ring (bicyclic) bond motifs is 1. The number of rotatable bonds is 2. The Labute approximate surface area is 103 Å². The van der Waals surface area contributed by atoms with E-state index in [2.05, 4.69) is 40.6 Å². The molecule has 1 N–H and O–H groups in total. The number of hydrogen-bond donors (Lipinski definition) is 1. The average molecular weight is 228 g/mol. The Kier molecular flexibility index (Phi) is 3.25. The second-order valence-electron chi connectivity index (χ2n) is 5.03. The van der Waals surface area contributed by atoms with Gasteiger partial charge in [0.1, 0.15) is 0 Å². The second kappa shape index (κ2) is 5.03. The van der Waals surface area contributed by atoms with Crippen LogP contribution in [0.25, 0.3) is 0 Å². The van der Waals surface area contributed by atoms with Crippen LogP contribution in [0.3, 0.4) is 0 Å². The Hall–Kier alpha value is -1.12. The lowest BCUT2D eigenvalue weighted by Crippen LogP contribution is -2.27. The van der Waals surface area contributed by atoms with Crippen LogP contribution in [-0.4, -0.2) is 24.5 Å². The molecule has 0 spiro atoms. The highest BCUT2D eigenvalue weighted by atomic mass is 15.1. The molecule has 0 aliphatic carbocycles. The molecule has 2 aliphatic rings. The lowest BCUT2D eigenvalue weighted by atomic mass is 9.98. The van der Waals surface area contributed by atoms with Crippen LogP contribution < -0.4 is 5.32 Å². The molecule has 0 saturated heterocycles. The van der Waals surface area contributed by atoms with Gasteiger partial charge < -0.3 is 5.32 Å². The van der Waals surface area contributed by atoms with Crippen molar-refractivity contribution in [3.8, 4) is 0 Å². The minimum Gasteiger partial charge on any atom is -0.312 e. The molecule has 0 saturated carbocycles. The number of benzene rings is 1. The molecule has 0 aromatic heterocycles. The maximum absolute atomic E-state index is 3.45. The van der Waals surface area contributed by atoms with Gasteiger partial charge >= 0.3 is 0 Å². The van der Waals surface area contributed by atoms with Gasteiger partial charge in [-0.3, -0.25) is 4.90 Å². The molecule has 0 radical (unpaired) electrons.